The van der Waals surface area contributed by atoms with Crippen molar-refractivity contribution >= 4 is 29.5 Å². The Labute approximate surface area is 97.2 Å². The summed E-state index contributed by atoms with van der Waals surface area (Å²) in [7, 11) is 0. The van der Waals surface area contributed by atoms with E-state index in [0.717, 1.165) is 17.9 Å². The van der Waals surface area contributed by atoms with Crippen LogP contribution in [0.5, 0.6) is 0 Å². The Morgan fingerprint density at radius 3 is 2.56 bits per heavy atom. The van der Waals surface area contributed by atoms with Crippen LogP contribution in [0.25, 0.3) is 0 Å². The van der Waals surface area contributed by atoms with E-state index in [2.05, 4.69) is 10.6 Å². The summed E-state index contributed by atoms with van der Waals surface area (Å²) in [4.78, 5) is 32.7. The van der Waals surface area contributed by atoms with Gasteiger partial charge in [0.05, 0.1) is 6.54 Å². The van der Waals surface area contributed by atoms with Crippen LogP contribution in [0.2, 0.25) is 0 Å². The van der Waals surface area contributed by atoms with E-state index in [1.807, 2.05) is 0 Å². The van der Waals surface area contributed by atoms with Crippen LogP contribution >= 0.6 is 11.8 Å². The molecule has 1 atom stereocenters. The highest BCUT2D eigenvalue weighted by Gasteiger charge is 2.23. The van der Waals surface area contributed by atoms with E-state index in [0.29, 0.717) is 0 Å². The van der Waals surface area contributed by atoms with Gasteiger partial charge in [-0.05, 0) is 12.2 Å². The predicted octanol–water partition coefficient (Wildman–Crippen LogP) is -0.944. The summed E-state index contributed by atoms with van der Waals surface area (Å²) < 4.78 is 0. The first-order chi connectivity index (χ1) is 7.59. The lowest BCUT2D eigenvalue weighted by molar-refractivity contribution is -0.137. The van der Waals surface area contributed by atoms with Gasteiger partial charge in [-0.2, -0.15) is 11.8 Å². The third-order valence-electron chi connectivity index (χ3n) is 2.16. The maximum Gasteiger partial charge on any atom is 0.322 e. The summed E-state index contributed by atoms with van der Waals surface area (Å²) in [6.45, 7) is -0.582. The van der Waals surface area contributed by atoms with Crippen molar-refractivity contribution < 1.29 is 19.5 Å². The Kier molecular flexibility index (Phi) is 5.10. The van der Waals surface area contributed by atoms with Crippen LogP contribution in [0.3, 0.4) is 0 Å². The van der Waals surface area contributed by atoms with E-state index >= 15 is 0 Å². The minimum Gasteiger partial charge on any atom is -0.480 e. The standard InChI is InChI=1S/C9H14N2O4S/c12-7(10-4-8(13)14)3-11-9(15)6-1-2-16-5-6/h6H,1-5H2,(H,10,12)(H,11,15)(H,13,14). The molecule has 1 heterocycles. The van der Waals surface area contributed by atoms with Crippen molar-refractivity contribution in [1.29, 1.82) is 0 Å². The fourth-order valence-corrected chi connectivity index (χ4v) is 2.51. The Morgan fingerprint density at radius 1 is 1.25 bits per heavy atom. The Hall–Kier alpha value is -1.24. The summed E-state index contributed by atoms with van der Waals surface area (Å²) >= 11 is 1.72. The van der Waals surface area contributed by atoms with E-state index in [-0.39, 0.29) is 18.4 Å². The van der Waals surface area contributed by atoms with Gasteiger partial charge in [0.15, 0.2) is 0 Å². The molecule has 1 aliphatic heterocycles. The fraction of sp³-hybridized carbons (Fsp3) is 0.667. The van der Waals surface area contributed by atoms with Crippen molar-refractivity contribution in [3.8, 4) is 0 Å². The van der Waals surface area contributed by atoms with E-state index < -0.39 is 18.4 Å². The fourth-order valence-electron chi connectivity index (χ4n) is 1.29. The lowest BCUT2D eigenvalue weighted by atomic mass is 10.1. The molecule has 0 aromatic carbocycles. The van der Waals surface area contributed by atoms with Gasteiger partial charge in [0.2, 0.25) is 11.8 Å². The highest BCUT2D eigenvalue weighted by atomic mass is 32.2. The van der Waals surface area contributed by atoms with Gasteiger partial charge < -0.3 is 15.7 Å². The summed E-state index contributed by atoms with van der Waals surface area (Å²) in [6, 6.07) is 0. The maximum absolute atomic E-state index is 11.5. The summed E-state index contributed by atoms with van der Waals surface area (Å²) in [5, 5.41) is 13.0. The summed E-state index contributed by atoms with van der Waals surface area (Å²) in [5.41, 5.74) is 0. The zero-order chi connectivity index (χ0) is 12.0. The lowest BCUT2D eigenvalue weighted by Crippen LogP contribution is -2.41. The third-order valence-corrected chi connectivity index (χ3v) is 3.32. The van der Waals surface area contributed by atoms with Crippen LogP contribution in [0.1, 0.15) is 6.42 Å². The molecule has 0 aromatic rings. The molecule has 0 bridgehead atoms. The molecular formula is C9H14N2O4S. The number of hydrogen-bond donors (Lipinski definition) is 3. The summed E-state index contributed by atoms with van der Waals surface area (Å²) in [5.74, 6) is 0.0345. The van der Waals surface area contributed by atoms with Gasteiger partial charge in [0.25, 0.3) is 0 Å². The Morgan fingerprint density at radius 2 is 2.00 bits per heavy atom. The van der Waals surface area contributed by atoms with Crippen molar-refractivity contribution in [3.05, 3.63) is 0 Å². The number of aliphatic carboxylic acids is 1. The zero-order valence-electron chi connectivity index (χ0n) is 8.69. The topological polar surface area (TPSA) is 95.5 Å². The quantitative estimate of drug-likeness (QED) is 0.581. The van der Waals surface area contributed by atoms with Gasteiger partial charge in [0.1, 0.15) is 6.54 Å². The first kappa shape index (κ1) is 12.8. The molecule has 0 spiro atoms. The molecule has 7 heteroatoms. The number of carbonyl (C=O) groups excluding carboxylic acids is 2. The van der Waals surface area contributed by atoms with E-state index in [1.165, 1.54) is 0 Å². The molecule has 1 fully saturated rings. The minimum absolute atomic E-state index is 0.0164. The molecule has 3 N–H and O–H groups in total. The number of carbonyl (C=O) groups is 3. The second-order valence-electron chi connectivity index (χ2n) is 3.45. The summed E-state index contributed by atoms with van der Waals surface area (Å²) in [6.07, 6.45) is 0.841. The number of thioether (sulfide) groups is 1. The predicted molar refractivity (Wildman–Crippen MR) is 59.1 cm³/mol. The number of rotatable bonds is 5. The molecule has 0 aromatic heterocycles. The molecule has 0 saturated carbocycles. The first-order valence-corrected chi connectivity index (χ1v) is 6.09. The van der Waals surface area contributed by atoms with Crippen LogP contribution in [-0.2, 0) is 14.4 Å². The molecule has 16 heavy (non-hydrogen) atoms. The SMILES string of the molecule is O=C(O)CNC(=O)CNC(=O)C1CCSC1. The van der Waals surface area contributed by atoms with Crippen LogP contribution in [0, 0.1) is 5.92 Å². The minimum atomic E-state index is -1.10. The van der Waals surface area contributed by atoms with Crippen molar-refractivity contribution in [3.63, 3.8) is 0 Å². The van der Waals surface area contributed by atoms with E-state index in [9.17, 15) is 14.4 Å². The van der Waals surface area contributed by atoms with Crippen LogP contribution in [0.15, 0.2) is 0 Å². The monoisotopic (exact) mass is 246 g/mol. The zero-order valence-corrected chi connectivity index (χ0v) is 9.51. The molecule has 1 saturated heterocycles. The van der Waals surface area contributed by atoms with Crippen LogP contribution in [-0.4, -0.2) is 47.5 Å². The molecule has 0 radical (unpaired) electrons. The van der Waals surface area contributed by atoms with E-state index in [1.54, 1.807) is 11.8 Å². The third kappa shape index (κ3) is 4.52. The van der Waals surface area contributed by atoms with Crippen LogP contribution < -0.4 is 10.6 Å². The molecule has 1 unspecified atom stereocenters. The number of nitrogens with one attached hydrogen (secondary N) is 2. The molecule has 0 aliphatic carbocycles. The molecular weight excluding hydrogens is 232 g/mol. The number of carboxylic acid groups (broad SMARTS) is 1. The number of hydrogen-bond acceptors (Lipinski definition) is 4. The normalized spacial score (nSPS) is 19.1. The largest absolute Gasteiger partial charge is 0.480 e. The average Bonchev–Trinajstić information content (AvgIpc) is 2.76. The molecule has 1 aliphatic rings. The van der Waals surface area contributed by atoms with Crippen LogP contribution in [0.4, 0.5) is 0 Å². The average molecular weight is 246 g/mol. The Balaban J connectivity index is 2.15. The van der Waals surface area contributed by atoms with Gasteiger partial charge in [0, 0.05) is 11.7 Å². The molecule has 90 valence electrons. The van der Waals surface area contributed by atoms with Gasteiger partial charge in [-0.25, -0.2) is 0 Å². The molecule has 1 rings (SSSR count). The highest BCUT2D eigenvalue weighted by molar-refractivity contribution is 7.99. The second kappa shape index (κ2) is 6.37. The van der Waals surface area contributed by atoms with Crippen molar-refractivity contribution in [2.24, 2.45) is 5.92 Å². The van der Waals surface area contributed by atoms with Gasteiger partial charge >= 0.3 is 5.97 Å². The lowest BCUT2D eigenvalue weighted by Gasteiger charge is -2.09. The highest BCUT2D eigenvalue weighted by Crippen LogP contribution is 2.23. The molecule has 2 amide bonds. The van der Waals surface area contributed by atoms with Crippen molar-refractivity contribution in [2.45, 2.75) is 6.42 Å². The second-order valence-corrected chi connectivity index (χ2v) is 4.60. The Bertz CT molecular complexity index is 289. The number of amides is 2. The number of carboxylic acids is 1. The smallest absolute Gasteiger partial charge is 0.322 e. The van der Waals surface area contributed by atoms with Gasteiger partial charge in [-0.3, -0.25) is 14.4 Å². The van der Waals surface area contributed by atoms with Crippen molar-refractivity contribution in [1.82, 2.24) is 10.6 Å². The maximum atomic E-state index is 11.5. The molecule has 6 nitrogen and oxygen atoms in total. The first-order valence-electron chi connectivity index (χ1n) is 4.93. The van der Waals surface area contributed by atoms with Gasteiger partial charge in [-0.15, -0.1) is 0 Å². The van der Waals surface area contributed by atoms with E-state index in [4.69, 9.17) is 5.11 Å². The van der Waals surface area contributed by atoms with Gasteiger partial charge in [-0.1, -0.05) is 0 Å². The van der Waals surface area contributed by atoms with Crippen molar-refractivity contribution in [2.75, 3.05) is 24.6 Å².